The molecule has 1 aromatic rings. The van der Waals surface area contributed by atoms with Crippen LogP contribution in [0.4, 0.5) is 0 Å². The Balaban J connectivity index is 2.14. The summed E-state index contributed by atoms with van der Waals surface area (Å²) in [5.74, 6) is 1.05. The van der Waals surface area contributed by atoms with Crippen LogP contribution < -0.4 is 0 Å². The molecule has 0 spiro atoms. The van der Waals surface area contributed by atoms with Gasteiger partial charge in [-0.1, -0.05) is 30.3 Å². The number of ether oxygens (including phenoxy) is 1. The lowest BCUT2D eigenvalue weighted by molar-refractivity contribution is 0.147. The van der Waals surface area contributed by atoms with Crippen LogP contribution in [0.3, 0.4) is 0 Å². The first-order chi connectivity index (χ1) is 5.86. The first-order valence-corrected chi connectivity index (χ1v) is 4.24. The Hall–Kier alpha value is -1.24. The second kappa shape index (κ2) is 3.02. The molecule has 1 aromatic carbocycles. The van der Waals surface area contributed by atoms with Gasteiger partial charge in [-0.15, -0.1) is 0 Å². The van der Waals surface area contributed by atoms with Crippen molar-refractivity contribution in [2.75, 3.05) is 0 Å². The summed E-state index contributed by atoms with van der Waals surface area (Å²) in [5.41, 5.74) is 1.27. The molecule has 0 fully saturated rings. The van der Waals surface area contributed by atoms with Crippen molar-refractivity contribution >= 4 is 0 Å². The van der Waals surface area contributed by atoms with E-state index in [-0.39, 0.29) is 6.10 Å². The molecule has 1 heteroatoms. The Morgan fingerprint density at radius 2 is 2.00 bits per heavy atom. The maximum atomic E-state index is 5.61. The molecule has 0 amide bonds. The van der Waals surface area contributed by atoms with Gasteiger partial charge in [-0.3, -0.25) is 0 Å². The number of hydrogen-bond acceptors (Lipinski definition) is 1. The molecular weight excluding hydrogens is 148 g/mol. The van der Waals surface area contributed by atoms with Gasteiger partial charge in [-0.05, 0) is 18.6 Å². The quantitative estimate of drug-likeness (QED) is 0.613. The zero-order valence-corrected chi connectivity index (χ0v) is 7.16. The largest absolute Gasteiger partial charge is 0.490 e. The van der Waals surface area contributed by atoms with Crippen LogP contribution in [0.15, 0.2) is 42.2 Å². The van der Waals surface area contributed by atoms with Crippen LogP contribution in [0.1, 0.15) is 25.0 Å². The summed E-state index contributed by atoms with van der Waals surface area (Å²) in [4.78, 5) is 0. The van der Waals surface area contributed by atoms with Gasteiger partial charge in [-0.25, -0.2) is 0 Å². The molecular formula is C11H12O. The lowest BCUT2D eigenvalue weighted by Crippen LogP contribution is -1.95. The molecule has 1 atom stereocenters. The highest BCUT2D eigenvalue weighted by molar-refractivity contribution is 5.20. The molecule has 0 N–H and O–H groups in total. The Bertz CT molecular complexity index is 287. The molecule has 1 unspecified atom stereocenters. The Morgan fingerprint density at radius 3 is 2.58 bits per heavy atom. The molecule has 1 heterocycles. The molecule has 0 bridgehead atoms. The average Bonchev–Trinajstić information content (AvgIpc) is 2.54. The topological polar surface area (TPSA) is 9.23 Å². The van der Waals surface area contributed by atoms with Crippen molar-refractivity contribution in [2.45, 2.75) is 19.4 Å². The van der Waals surface area contributed by atoms with E-state index < -0.39 is 0 Å². The molecule has 1 aliphatic heterocycles. The van der Waals surface area contributed by atoms with E-state index >= 15 is 0 Å². The van der Waals surface area contributed by atoms with Crippen LogP contribution in [0.25, 0.3) is 0 Å². The van der Waals surface area contributed by atoms with Crippen LogP contribution in [-0.4, -0.2) is 0 Å². The monoisotopic (exact) mass is 160 g/mol. The van der Waals surface area contributed by atoms with Crippen molar-refractivity contribution in [2.24, 2.45) is 0 Å². The van der Waals surface area contributed by atoms with Crippen molar-refractivity contribution in [1.29, 1.82) is 0 Å². The van der Waals surface area contributed by atoms with Crippen molar-refractivity contribution in [3.63, 3.8) is 0 Å². The van der Waals surface area contributed by atoms with E-state index in [0.29, 0.717) is 0 Å². The molecule has 62 valence electrons. The summed E-state index contributed by atoms with van der Waals surface area (Å²) < 4.78 is 5.61. The lowest BCUT2D eigenvalue weighted by Gasteiger charge is -2.11. The van der Waals surface area contributed by atoms with Gasteiger partial charge in [0.25, 0.3) is 0 Å². The first-order valence-electron chi connectivity index (χ1n) is 4.24. The highest BCUT2D eigenvalue weighted by atomic mass is 16.5. The van der Waals surface area contributed by atoms with Crippen LogP contribution >= 0.6 is 0 Å². The van der Waals surface area contributed by atoms with Gasteiger partial charge in [0.05, 0.1) is 5.76 Å². The number of allylic oxidation sites excluding steroid dienone is 1. The molecule has 0 aliphatic carbocycles. The van der Waals surface area contributed by atoms with Gasteiger partial charge < -0.3 is 4.74 Å². The van der Waals surface area contributed by atoms with Crippen LogP contribution in [0, 0.1) is 0 Å². The number of benzene rings is 1. The van der Waals surface area contributed by atoms with Gasteiger partial charge in [0.15, 0.2) is 0 Å². The highest BCUT2D eigenvalue weighted by Gasteiger charge is 2.16. The van der Waals surface area contributed by atoms with Crippen LogP contribution in [0.5, 0.6) is 0 Å². The Labute approximate surface area is 72.7 Å². The standard InChI is InChI=1S/C11H12O/c1-9-7-8-11(12-9)10-5-3-2-4-6-10/h2-7,11H,8H2,1H3. The smallest absolute Gasteiger partial charge is 0.127 e. The maximum Gasteiger partial charge on any atom is 0.127 e. The second-order valence-electron chi connectivity index (χ2n) is 3.07. The summed E-state index contributed by atoms with van der Waals surface area (Å²) in [6.45, 7) is 2.00. The average molecular weight is 160 g/mol. The van der Waals surface area contributed by atoms with E-state index in [1.165, 1.54) is 5.56 Å². The second-order valence-corrected chi connectivity index (χ2v) is 3.07. The van der Waals surface area contributed by atoms with E-state index in [9.17, 15) is 0 Å². The van der Waals surface area contributed by atoms with Gasteiger partial charge in [0.1, 0.15) is 6.10 Å². The summed E-state index contributed by atoms with van der Waals surface area (Å²) in [6.07, 6.45) is 3.40. The minimum absolute atomic E-state index is 0.256. The SMILES string of the molecule is CC1=CCC(c2ccccc2)O1. The van der Waals surface area contributed by atoms with Crippen molar-refractivity contribution < 1.29 is 4.74 Å². The van der Waals surface area contributed by atoms with Crippen LogP contribution in [0.2, 0.25) is 0 Å². The van der Waals surface area contributed by atoms with E-state index in [1.54, 1.807) is 0 Å². The van der Waals surface area contributed by atoms with Gasteiger partial charge in [0.2, 0.25) is 0 Å². The van der Waals surface area contributed by atoms with Crippen molar-refractivity contribution in [3.8, 4) is 0 Å². The fraction of sp³-hybridized carbons (Fsp3) is 0.273. The summed E-state index contributed by atoms with van der Waals surface area (Å²) in [5, 5.41) is 0. The molecule has 1 aliphatic rings. The third-order valence-electron chi connectivity index (χ3n) is 2.12. The molecule has 12 heavy (non-hydrogen) atoms. The fourth-order valence-corrected chi connectivity index (χ4v) is 1.47. The predicted molar refractivity (Wildman–Crippen MR) is 48.6 cm³/mol. The molecule has 1 nitrogen and oxygen atoms in total. The minimum Gasteiger partial charge on any atom is -0.490 e. The summed E-state index contributed by atoms with van der Waals surface area (Å²) >= 11 is 0. The summed E-state index contributed by atoms with van der Waals surface area (Å²) in [6, 6.07) is 10.3. The summed E-state index contributed by atoms with van der Waals surface area (Å²) in [7, 11) is 0. The minimum atomic E-state index is 0.256. The normalized spacial score (nSPS) is 21.8. The van der Waals surface area contributed by atoms with E-state index in [2.05, 4.69) is 18.2 Å². The highest BCUT2D eigenvalue weighted by Crippen LogP contribution is 2.29. The van der Waals surface area contributed by atoms with Crippen molar-refractivity contribution in [3.05, 3.63) is 47.7 Å². The molecule has 0 aromatic heterocycles. The van der Waals surface area contributed by atoms with Crippen LogP contribution in [-0.2, 0) is 4.74 Å². The molecule has 2 rings (SSSR count). The lowest BCUT2D eigenvalue weighted by atomic mass is 10.1. The third kappa shape index (κ3) is 1.35. The zero-order chi connectivity index (χ0) is 8.39. The third-order valence-corrected chi connectivity index (χ3v) is 2.12. The van der Waals surface area contributed by atoms with E-state index in [4.69, 9.17) is 4.74 Å². The molecule has 0 saturated heterocycles. The molecule has 0 saturated carbocycles. The fourth-order valence-electron chi connectivity index (χ4n) is 1.47. The van der Waals surface area contributed by atoms with E-state index in [1.807, 2.05) is 25.1 Å². The number of rotatable bonds is 1. The van der Waals surface area contributed by atoms with Crippen molar-refractivity contribution in [1.82, 2.24) is 0 Å². The number of hydrogen-bond donors (Lipinski definition) is 0. The maximum absolute atomic E-state index is 5.61. The Morgan fingerprint density at radius 1 is 1.25 bits per heavy atom. The van der Waals surface area contributed by atoms with Gasteiger partial charge in [0, 0.05) is 6.42 Å². The van der Waals surface area contributed by atoms with Gasteiger partial charge in [-0.2, -0.15) is 0 Å². The molecule has 0 radical (unpaired) electrons. The van der Waals surface area contributed by atoms with Gasteiger partial charge >= 0.3 is 0 Å². The Kier molecular flexibility index (Phi) is 1.86. The van der Waals surface area contributed by atoms with E-state index in [0.717, 1.165) is 12.2 Å². The first kappa shape index (κ1) is 7.41. The zero-order valence-electron chi connectivity index (χ0n) is 7.16. The predicted octanol–water partition coefficient (Wildman–Crippen LogP) is 3.05.